The van der Waals surface area contributed by atoms with Crippen LogP contribution in [0.4, 0.5) is 0 Å². The van der Waals surface area contributed by atoms with Gasteiger partial charge in [0, 0.05) is 15.4 Å². The molecule has 2 N–H and O–H groups in total. The minimum Gasteiger partial charge on any atom is -0.506 e. The van der Waals surface area contributed by atoms with E-state index in [1.165, 1.54) is 4.57 Å². The Labute approximate surface area is 202 Å². The van der Waals surface area contributed by atoms with Gasteiger partial charge in [-0.15, -0.1) is 0 Å². The molecule has 4 rings (SSSR count). The van der Waals surface area contributed by atoms with Gasteiger partial charge in [0.1, 0.15) is 11.4 Å². The van der Waals surface area contributed by atoms with Gasteiger partial charge in [0.05, 0.1) is 15.5 Å². The fourth-order valence-electron chi connectivity index (χ4n) is 3.58. The molecule has 31 heavy (non-hydrogen) atoms. The fraction of sp³-hybridized carbons (Fsp3) is 0.0435. The van der Waals surface area contributed by atoms with Gasteiger partial charge < -0.3 is 10.2 Å². The number of halogens is 3. The van der Waals surface area contributed by atoms with E-state index in [1.54, 1.807) is 30.3 Å². The molecule has 4 aromatic rings. The first-order chi connectivity index (χ1) is 14.8. The Morgan fingerprint density at radius 3 is 2.16 bits per heavy atom. The number of aromatic nitrogens is 1. The molecule has 156 valence electrons. The number of phenols is 1. The van der Waals surface area contributed by atoms with Crippen molar-refractivity contribution in [3.63, 3.8) is 0 Å². The van der Waals surface area contributed by atoms with Gasteiger partial charge in [0.15, 0.2) is 0 Å². The van der Waals surface area contributed by atoms with Crippen LogP contribution in [-0.4, -0.2) is 20.7 Å². The number of carbonyl (C=O) groups is 1. The zero-order valence-electron chi connectivity index (χ0n) is 15.8. The minimum atomic E-state index is -1.20. The maximum atomic E-state index is 13.4. The average molecular weight is 608 g/mol. The van der Waals surface area contributed by atoms with Crippen LogP contribution in [0.1, 0.15) is 16.1 Å². The summed E-state index contributed by atoms with van der Waals surface area (Å²) in [5, 5.41) is 21.1. The lowest BCUT2D eigenvalue weighted by Crippen LogP contribution is -2.28. The van der Waals surface area contributed by atoms with Crippen molar-refractivity contribution in [1.82, 2.24) is 4.57 Å². The number of hydrogen-bond acceptors (Lipinski definition) is 3. The lowest BCUT2D eigenvalue weighted by atomic mass is 9.96. The third-order valence-corrected chi connectivity index (χ3v) is 6.62. The molecule has 5 nitrogen and oxygen atoms in total. The van der Waals surface area contributed by atoms with Crippen molar-refractivity contribution in [1.29, 1.82) is 0 Å². The van der Waals surface area contributed by atoms with Gasteiger partial charge in [-0.25, -0.2) is 4.79 Å². The van der Waals surface area contributed by atoms with Gasteiger partial charge in [-0.3, -0.25) is 9.36 Å². The zero-order chi connectivity index (χ0) is 22.3. The number of aromatic hydroxyl groups is 1. The van der Waals surface area contributed by atoms with Crippen molar-refractivity contribution in [2.45, 2.75) is 6.54 Å². The monoisotopic (exact) mass is 605 g/mol. The second kappa shape index (κ2) is 8.61. The Morgan fingerprint density at radius 2 is 1.55 bits per heavy atom. The van der Waals surface area contributed by atoms with E-state index in [4.69, 9.17) is 0 Å². The molecule has 0 radical (unpaired) electrons. The number of benzene rings is 3. The van der Waals surface area contributed by atoms with E-state index in [0.717, 1.165) is 4.47 Å². The second-order valence-corrected chi connectivity index (χ2v) is 9.51. The summed E-state index contributed by atoms with van der Waals surface area (Å²) < 4.78 is 2.90. The second-order valence-electron chi connectivity index (χ2n) is 6.88. The molecule has 0 bridgehead atoms. The summed E-state index contributed by atoms with van der Waals surface area (Å²) in [6.07, 6.45) is 0. The van der Waals surface area contributed by atoms with Gasteiger partial charge in [-0.05, 0) is 78.7 Å². The lowest BCUT2D eigenvalue weighted by Gasteiger charge is -2.18. The van der Waals surface area contributed by atoms with Crippen LogP contribution in [0.5, 0.6) is 5.75 Å². The number of carboxylic acid groups (broad SMARTS) is 1. The highest BCUT2D eigenvalue weighted by Gasteiger charge is 2.23. The van der Waals surface area contributed by atoms with E-state index >= 15 is 0 Å². The summed E-state index contributed by atoms with van der Waals surface area (Å²) in [4.78, 5) is 25.8. The largest absolute Gasteiger partial charge is 0.506 e. The molecule has 0 aliphatic rings. The Hall–Kier alpha value is -2.42. The molecule has 0 unspecified atom stereocenters. The molecule has 0 aliphatic heterocycles. The van der Waals surface area contributed by atoms with Crippen molar-refractivity contribution in [2.24, 2.45) is 0 Å². The predicted octanol–water partition coefficient (Wildman–Crippen LogP) is 6.41. The highest BCUT2D eigenvalue weighted by Crippen LogP contribution is 2.35. The first-order valence-electron chi connectivity index (χ1n) is 9.09. The summed E-state index contributed by atoms with van der Waals surface area (Å²) in [6, 6.07) is 17.7. The van der Waals surface area contributed by atoms with E-state index in [1.807, 2.05) is 30.3 Å². The molecule has 0 spiro atoms. The van der Waals surface area contributed by atoms with E-state index in [2.05, 4.69) is 47.8 Å². The highest BCUT2D eigenvalue weighted by molar-refractivity contribution is 9.11. The third-order valence-electron chi connectivity index (χ3n) is 4.92. The predicted molar refractivity (Wildman–Crippen MR) is 131 cm³/mol. The zero-order valence-corrected chi connectivity index (χ0v) is 20.5. The van der Waals surface area contributed by atoms with Crippen LogP contribution in [0.2, 0.25) is 0 Å². The molecule has 1 aromatic heterocycles. The molecule has 0 saturated carbocycles. The number of nitrogens with zero attached hydrogens (tertiary/aromatic N) is 1. The number of rotatable bonds is 4. The van der Waals surface area contributed by atoms with Gasteiger partial charge in [0.25, 0.3) is 5.56 Å². The fourth-order valence-corrected chi connectivity index (χ4v) is 5.22. The standard InChI is InChI=1S/C23H14Br3NO4/c24-14-6-7-15-16(10-14)19(13-4-2-1-3-5-13)20(23(30)31)27(22(15)29)11-12-8-17(25)21(28)18(26)9-12/h1-10,28H,11H2,(H,30,31). The Bertz CT molecular complexity index is 1370. The number of carboxylic acids is 1. The molecule has 1 heterocycles. The first-order valence-corrected chi connectivity index (χ1v) is 11.5. The minimum absolute atomic E-state index is 0.0176. The van der Waals surface area contributed by atoms with Crippen LogP contribution < -0.4 is 5.56 Å². The van der Waals surface area contributed by atoms with E-state index in [-0.39, 0.29) is 18.0 Å². The van der Waals surface area contributed by atoms with Crippen LogP contribution in [0.3, 0.4) is 0 Å². The maximum absolute atomic E-state index is 13.4. The SMILES string of the molecule is O=C(O)c1c(-c2ccccc2)c2cc(Br)ccc2c(=O)n1Cc1cc(Br)c(O)c(Br)c1. The third kappa shape index (κ3) is 4.07. The van der Waals surface area contributed by atoms with Crippen LogP contribution in [0, 0.1) is 0 Å². The number of hydrogen-bond donors (Lipinski definition) is 2. The van der Waals surface area contributed by atoms with Crippen molar-refractivity contribution in [3.8, 4) is 16.9 Å². The Kier molecular flexibility index (Phi) is 6.05. The maximum Gasteiger partial charge on any atom is 0.353 e. The number of aromatic carboxylic acids is 1. The molecular weight excluding hydrogens is 594 g/mol. The van der Waals surface area contributed by atoms with Gasteiger partial charge >= 0.3 is 5.97 Å². The van der Waals surface area contributed by atoms with Gasteiger partial charge in [-0.1, -0.05) is 46.3 Å². The van der Waals surface area contributed by atoms with Gasteiger partial charge in [0.2, 0.25) is 0 Å². The van der Waals surface area contributed by atoms with Gasteiger partial charge in [-0.2, -0.15) is 0 Å². The van der Waals surface area contributed by atoms with E-state index < -0.39 is 11.5 Å². The van der Waals surface area contributed by atoms with Crippen LogP contribution in [-0.2, 0) is 6.54 Å². The summed E-state index contributed by atoms with van der Waals surface area (Å²) in [6.45, 7) is 0.0176. The molecule has 8 heteroatoms. The topological polar surface area (TPSA) is 79.5 Å². The quantitative estimate of drug-likeness (QED) is 0.281. The summed E-state index contributed by atoms with van der Waals surface area (Å²) in [5.74, 6) is -1.17. The Morgan fingerprint density at radius 1 is 0.903 bits per heavy atom. The summed E-state index contributed by atoms with van der Waals surface area (Å²) >= 11 is 10.0. The van der Waals surface area contributed by atoms with Crippen molar-refractivity contribution >= 4 is 64.5 Å². The first kappa shape index (κ1) is 21.8. The molecule has 0 saturated heterocycles. The molecule has 0 atom stereocenters. The van der Waals surface area contributed by atoms with Crippen LogP contribution in [0.15, 0.2) is 78.9 Å². The summed E-state index contributed by atoms with van der Waals surface area (Å²) in [7, 11) is 0. The number of phenolic OH excluding ortho intramolecular Hbond substituents is 1. The Balaban J connectivity index is 2.10. The molecular formula is C23H14Br3NO4. The van der Waals surface area contributed by atoms with Crippen molar-refractivity contribution < 1.29 is 15.0 Å². The summed E-state index contributed by atoms with van der Waals surface area (Å²) in [5.41, 5.74) is 1.32. The normalized spacial score (nSPS) is 11.1. The van der Waals surface area contributed by atoms with Crippen molar-refractivity contribution in [3.05, 3.63) is 95.7 Å². The lowest BCUT2D eigenvalue weighted by molar-refractivity contribution is 0.0685. The smallest absolute Gasteiger partial charge is 0.353 e. The van der Waals surface area contributed by atoms with E-state index in [0.29, 0.717) is 36.4 Å². The van der Waals surface area contributed by atoms with E-state index in [9.17, 15) is 19.8 Å². The molecule has 0 aliphatic carbocycles. The molecule has 0 fully saturated rings. The van der Waals surface area contributed by atoms with Crippen molar-refractivity contribution in [2.75, 3.05) is 0 Å². The number of fused-ring (bicyclic) bond motifs is 1. The molecule has 0 amide bonds. The van der Waals surface area contributed by atoms with Crippen LogP contribution in [0.25, 0.3) is 21.9 Å². The van der Waals surface area contributed by atoms with Crippen LogP contribution >= 0.6 is 47.8 Å². The average Bonchev–Trinajstić information content (AvgIpc) is 2.74. The highest BCUT2D eigenvalue weighted by atomic mass is 79.9. The molecule has 3 aromatic carbocycles. The number of pyridine rings is 1.